The van der Waals surface area contributed by atoms with E-state index in [1.54, 1.807) is 11.3 Å². The first-order valence-corrected chi connectivity index (χ1v) is 7.19. The Labute approximate surface area is 111 Å². The summed E-state index contributed by atoms with van der Waals surface area (Å²) in [6, 6.07) is 4.90. The van der Waals surface area contributed by atoms with Crippen LogP contribution in [0.3, 0.4) is 0 Å². The third-order valence-electron chi connectivity index (χ3n) is 3.80. The van der Waals surface area contributed by atoms with Gasteiger partial charge in [0.2, 0.25) is 0 Å². The van der Waals surface area contributed by atoms with Crippen molar-refractivity contribution in [2.45, 2.75) is 12.1 Å². The number of urea groups is 1. The molecule has 2 fully saturated rings. The van der Waals surface area contributed by atoms with Crippen LogP contribution in [0.25, 0.3) is 0 Å². The van der Waals surface area contributed by atoms with Gasteiger partial charge in [-0.1, -0.05) is 6.07 Å². The number of fused-ring (bicyclic) bond motifs is 1. The van der Waals surface area contributed by atoms with Gasteiger partial charge >= 0.3 is 6.03 Å². The molecule has 3 N–H and O–H groups in total. The summed E-state index contributed by atoms with van der Waals surface area (Å²) in [5, 5.41) is 5.00. The highest BCUT2D eigenvalue weighted by Crippen LogP contribution is 2.27. The third kappa shape index (κ3) is 2.00. The summed E-state index contributed by atoms with van der Waals surface area (Å²) in [5.41, 5.74) is 5.93. The number of piperazine rings is 1. The monoisotopic (exact) mass is 266 g/mol. The lowest BCUT2D eigenvalue weighted by Gasteiger charge is -2.40. The van der Waals surface area contributed by atoms with E-state index in [1.165, 1.54) is 4.88 Å². The van der Waals surface area contributed by atoms with Crippen molar-refractivity contribution in [3.05, 3.63) is 22.4 Å². The van der Waals surface area contributed by atoms with E-state index in [-0.39, 0.29) is 6.03 Å². The lowest BCUT2D eigenvalue weighted by Crippen LogP contribution is -2.53. The average molecular weight is 266 g/mol. The number of nitrogens with two attached hydrogens (primary N) is 1. The average Bonchev–Trinajstić information content (AvgIpc) is 3.01. The molecule has 98 valence electrons. The van der Waals surface area contributed by atoms with Crippen LogP contribution in [-0.4, -0.2) is 54.6 Å². The molecule has 1 aromatic heterocycles. The molecule has 2 amide bonds. The zero-order valence-corrected chi connectivity index (χ0v) is 11.0. The lowest BCUT2D eigenvalue weighted by atomic mass is 10.1. The van der Waals surface area contributed by atoms with Crippen molar-refractivity contribution in [3.63, 3.8) is 0 Å². The number of nitrogens with one attached hydrogen (secondary N) is 1. The highest BCUT2D eigenvalue weighted by Gasteiger charge is 2.37. The van der Waals surface area contributed by atoms with Gasteiger partial charge in [0, 0.05) is 37.6 Å². The Morgan fingerprint density at radius 3 is 3.17 bits per heavy atom. The molecule has 5 nitrogen and oxygen atoms in total. The number of rotatable bonds is 3. The van der Waals surface area contributed by atoms with E-state index in [1.807, 2.05) is 4.90 Å². The van der Waals surface area contributed by atoms with Gasteiger partial charge in [0.1, 0.15) is 0 Å². The van der Waals surface area contributed by atoms with Crippen LogP contribution in [0.2, 0.25) is 0 Å². The second-order valence-corrected chi connectivity index (χ2v) is 5.77. The highest BCUT2D eigenvalue weighted by molar-refractivity contribution is 7.10. The van der Waals surface area contributed by atoms with Crippen LogP contribution in [-0.2, 0) is 0 Å². The van der Waals surface area contributed by atoms with Crippen molar-refractivity contribution in [2.75, 3.05) is 32.7 Å². The molecule has 3 heterocycles. The van der Waals surface area contributed by atoms with Crippen molar-refractivity contribution < 1.29 is 4.79 Å². The van der Waals surface area contributed by atoms with E-state index < -0.39 is 0 Å². The summed E-state index contributed by atoms with van der Waals surface area (Å²) in [7, 11) is 0. The summed E-state index contributed by atoms with van der Waals surface area (Å²) in [5.74, 6) is 0. The Hall–Kier alpha value is -1.11. The molecule has 6 heteroatoms. The SMILES string of the molecule is NCC(c1cccs1)N1CCN2C(=O)NCC2C1. The van der Waals surface area contributed by atoms with E-state index in [0.29, 0.717) is 18.6 Å². The van der Waals surface area contributed by atoms with Crippen LogP contribution in [0.15, 0.2) is 17.5 Å². The summed E-state index contributed by atoms with van der Waals surface area (Å²) in [4.78, 5) is 17.2. The number of hydrogen-bond donors (Lipinski definition) is 2. The van der Waals surface area contributed by atoms with Crippen LogP contribution in [0, 0.1) is 0 Å². The van der Waals surface area contributed by atoms with Crippen LogP contribution in [0.1, 0.15) is 10.9 Å². The van der Waals surface area contributed by atoms with Crippen LogP contribution >= 0.6 is 11.3 Å². The molecular weight excluding hydrogens is 248 g/mol. The molecular formula is C12H18N4OS. The molecule has 2 aliphatic rings. The zero-order valence-electron chi connectivity index (χ0n) is 10.2. The lowest BCUT2D eigenvalue weighted by molar-refractivity contribution is 0.0916. The van der Waals surface area contributed by atoms with Crippen molar-refractivity contribution in [3.8, 4) is 0 Å². The summed E-state index contributed by atoms with van der Waals surface area (Å²) >= 11 is 1.76. The van der Waals surface area contributed by atoms with Gasteiger partial charge in [-0.2, -0.15) is 0 Å². The normalized spacial score (nSPS) is 25.9. The molecule has 2 atom stereocenters. The van der Waals surface area contributed by atoms with Gasteiger partial charge < -0.3 is 16.0 Å². The zero-order chi connectivity index (χ0) is 12.5. The maximum Gasteiger partial charge on any atom is 0.317 e. The summed E-state index contributed by atoms with van der Waals surface area (Å²) in [6.07, 6.45) is 0. The molecule has 3 rings (SSSR count). The molecule has 0 bridgehead atoms. The molecule has 2 aliphatic heterocycles. The van der Waals surface area contributed by atoms with Crippen molar-refractivity contribution >= 4 is 17.4 Å². The van der Waals surface area contributed by atoms with Gasteiger partial charge in [-0.3, -0.25) is 4.90 Å². The summed E-state index contributed by atoms with van der Waals surface area (Å²) in [6.45, 7) is 4.02. The van der Waals surface area contributed by atoms with Gasteiger partial charge in [-0.05, 0) is 11.4 Å². The van der Waals surface area contributed by atoms with Crippen LogP contribution < -0.4 is 11.1 Å². The van der Waals surface area contributed by atoms with E-state index in [0.717, 1.165) is 26.2 Å². The van der Waals surface area contributed by atoms with Gasteiger partial charge in [0.05, 0.1) is 12.1 Å². The Morgan fingerprint density at radius 1 is 1.56 bits per heavy atom. The number of carbonyl (C=O) groups excluding carboxylic acids is 1. The first-order chi connectivity index (χ1) is 8.79. The fourth-order valence-electron chi connectivity index (χ4n) is 2.84. The van der Waals surface area contributed by atoms with E-state index in [4.69, 9.17) is 5.73 Å². The van der Waals surface area contributed by atoms with E-state index in [9.17, 15) is 4.79 Å². The molecule has 18 heavy (non-hydrogen) atoms. The highest BCUT2D eigenvalue weighted by atomic mass is 32.1. The molecule has 2 unspecified atom stereocenters. The number of nitrogens with zero attached hydrogens (tertiary/aromatic N) is 2. The maximum absolute atomic E-state index is 11.6. The predicted octanol–water partition coefficient (Wildman–Crippen LogP) is 0.457. The first-order valence-electron chi connectivity index (χ1n) is 6.31. The fraction of sp³-hybridized carbons (Fsp3) is 0.583. The topological polar surface area (TPSA) is 61.6 Å². The van der Waals surface area contributed by atoms with Gasteiger partial charge in [-0.15, -0.1) is 11.3 Å². The Morgan fingerprint density at radius 2 is 2.44 bits per heavy atom. The number of carbonyl (C=O) groups is 1. The third-order valence-corrected chi connectivity index (χ3v) is 4.77. The van der Waals surface area contributed by atoms with Crippen molar-refractivity contribution in [1.82, 2.24) is 15.1 Å². The minimum Gasteiger partial charge on any atom is -0.336 e. The standard InChI is InChI=1S/C12H18N4OS/c13-6-10(11-2-1-5-18-11)15-3-4-16-9(8-15)7-14-12(16)17/h1-2,5,9-10H,3-4,6-8,13H2,(H,14,17). The maximum atomic E-state index is 11.6. The van der Waals surface area contributed by atoms with Crippen LogP contribution in [0.5, 0.6) is 0 Å². The minimum atomic E-state index is 0.0834. The fourth-order valence-corrected chi connectivity index (χ4v) is 3.71. The smallest absolute Gasteiger partial charge is 0.317 e. The summed E-state index contributed by atoms with van der Waals surface area (Å²) < 4.78 is 0. The number of hydrogen-bond acceptors (Lipinski definition) is 4. The Balaban J connectivity index is 1.72. The molecule has 0 spiro atoms. The molecule has 2 saturated heterocycles. The van der Waals surface area contributed by atoms with Gasteiger partial charge in [0.25, 0.3) is 0 Å². The quantitative estimate of drug-likeness (QED) is 0.835. The molecule has 0 saturated carbocycles. The first kappa shape index (κ1) is 12.0. The largest absolute Gasteiger partial charge is 0.336 e. The predicted molar refractivity (Wildman–Crippen MR) is 71.6 cm³/mol. The van der Waals surface area contributed by atoms with E-state index >= 15 is 0 Å². The Kier molecular flexibility index (Phi) is 3.23. The second-order valence-electron chi connectivity index (χ2n) is 4.80. The van der Waals surface area contributed by atoms with Crippen LogP contribution in [0.4, 0.5) is 4.79 Å². The molecule has 1 aromatic rings. The minimum absolute atomic E-state index is 0.0834. The number of amides is 2. The molecule has 0 aromatic carbocycles. The molecule has 0 radical (unpaired) electrons. The van der Waals surface area contributed by atoms with Gasteiger partial charge in [0.15, 0.2) is 0 Å². The Bertz CT molecular complexity index is 422. The van der Waals surface area contributed by atoms with E-state index in [2.05, 4.69) is 27.7 Å². The van der Waals surface area contributed by atoms with Crippen molar-refractivity contribution in [1.29, 1.82) is 0 Å². The number of thiophene rings is 1. The van der Waals surface area contributed by atoms with Crippen molar-refractivity contribution in [2.24, 2.45) is 5.73 Å². The second kappa shape index (κ2) is 4.87. The molecule has 0 aliphatic carbocycles. The van der Waals surface area contributed by atoms with Gasteiger partial charge in [-0.25, -0.2) is 4.79 Å².